The summed E-state index contributed by atoms with van der Waals surface area (Å²) in [6, 6.07) is 0. The van der Waals surface area contributed by atoms with Crippen LogP contribution in [0.5, 0.6) is 0 Å². The minimum atomic E-state index is -1.08. The summed E-state index contributed by atoms with van der Waals surface area (Å²) in [6.07, 6.45) is 0. The van der Waals surface area contributed by atoms with Crippen LogP contribution in [0, 0.1) is 0 Å². The third-order valence-corrected chi connectivity index (χ3v) is 0. The zero-order valence-corrected chi connectivity index (χ0v) is 8.55. The van der Waals surface area contributed by atoms with Gasteiger partial charge in [-0.15, -0.1) is 0 Å². The molecule has 0 rings (SSSR count). The molecule has 0 aromatic carbocycles. The van der Waals surface area contributed by atoms with E-state index in [1.165, 1.54) is 0 Å². The molecule has 0 bridgehead atoms. The van der Waals surface area contributed by atoms with E-state index in [1.807, 2.05) is 0 Å². The molecule has 12 heteroatoms. The van der Waals surface area contributed by atoms with Crippen LogP contribution in [-0.4, -0.2) is 72.6 Å². The summed E-state index contributed by atoms with van der Waals surface area (Å²) in [6.45, 7) is 0.972. The Morgan fingerprint density at radius 1 is 0.714 bits per heavy atom. The zero-order chi connectivity index (χ0) is 3.58. The predicted molar refractivity (Wildman–Crippen MR) is 49.0 cm³/mol. The van der Waals surface area contributed by atoms with Crippen LogP contribution >= 0.6 is 0 Å². The summed E-state index contributed by atoms with van der Waals surface area (Å²) >= 11 is 0. The van der Waals surface area contributed by atoms with Gasteiger partial charge in [0, 0.05) is 5.97 Å². The minimum absolute atomic E-state index is 0. The van der Waals surface area contributed by atoms with Crippen molar-refractivity contribution in [2.24, 2.45) is 0 Å². The van der Waals surface area contributed by atoms with Gasteiger partial charge in [-0.1, -0.05) is 0 Å². The molecule has 0 aliphatic carbocycles. The Balaban J connectivity index is -0.000000001000. The molecule has 0 aliphatic heterocycles. The number of carbonyl (C=O) groups is 1. The second-order valence-corrected chi connectivity index (χ2v) is 0.492. The van der Waals surface area contributed by atoms with Crippen LogP contribution in [0.25, 0.3) is 0 Å². The van der Waals surface area contributed by atoms with Gasteiger partial charge in [0.2, 0.25) is 0 Å². The maximum atomic E-state index is 8.89. The Morgan fingerprint density at radius 3 is 0.714 bits per heavy atom. The zero-order valence-electron chi connectivity index (χ0n) is 7.39. The molecule has 0 aromatic rings. The van der Waals surface area contributed by atoms with Crippen LogP contribution in [0.15, 0.2) is 0 Å². The van der Waals surface area contributed by atoms with E-state index in [0.29, 0.717) is 0 Å². The largest absolute Gasteiger partial charge is 3.00 e. The van der Waals surface area contributed by atoms with Crippen LogP contribution in [0.3, 0.4) is 0 Å². The Morgan fingerprint density at radius 2 is 0.714 bits per heavy atom. The van der Waals surface area contributed by atoms with Gasteiger partial charge in [0.1, 0.15) is 0 Å². The second kappa shape index (κ2) is 245. The quantitative estimate of drug-likeness (QED) is 0.376. The third kappa shape index (κ3) is 10300. The smallest absolute Gasteiger partial charge is 0.550 e. The van der Waals surface area contributed by atoms with Gasteiger partial charge in [-0.2, -0.15) is 0 Å². The van der Waals surface area contributed by atoms with Crippen molar-refractivity contribution < 1.29 is 59.2 Å². The van der Waals surface area contributed by atoms with Crippen molar-refractivity contribution in [2.75, 3.05) is 0 Å². The molecule has 0 heterocycles. The summed E-state index contributed by atoms with van der Waals surface area (Å²) < 4.78 is 0. The van der Waals surface area contributed by atoms with E-state index < -0.39 is 5.97 Å². The van der Waals surface area contributed by atoms with Crippen LogP contribution in [-0.2, 0) is 4.79 Å². The number of carboxylic acids is 1. The van der Waals surface area contributed by atoms with Gasteiger partial charge in [0.25, 0.3) is 0 Å². The van der Waals surface area contributed by atoms with Gasteiger partial charge in [-0.25, -0.2) is 0 Å². The third-order valence-electron chi connectivity index (χ3n) is 0. The first-order valence-corrected chi connectivity index (χ1v) is 0.908. The fourth-order valence-electron chi connectivity index (χ4n) is 0. The SMILES string of the molecule is CC(=O)[O-].O.O.O.O.O.O.O.O.O.[Al+3]. The van der Waals surface area contributed by atoms with Gasteiger partial charge < -0.3 is 59.2 Å². The standard InChI is InChI=1S/C2H4O2.Al.9H2O/c1-2(3)4;;;;;;;;;;/h1H3,(H,3,4);;9*1H2/q;+3;;;;;;;;;/p-1. The van der Waals surface area contributed by atoms with Crippen molar-refractivity contribution in [3.8, 4) is 0 Å². The van der Waals surface area contributed by atoms with Gasteiger partial charge in [-0.05, 0) is 6.92 Å². The van der Waals surface area contributed by atoms with Gasteiger partial charge >= 0.3 is 17.4 Å². The predicted octanol–water partition coefficient (Wildman–Crippen LogP) is -9.05. The summed E-state index contributed by atoms with van der Waals surface area (Å²) in [5, 5.41) is 8.89. The average molecular weight is 248 g/mol. The average Bonchev–Trinajstić information content (AvgIpc) is 0.811. The van der Waals surface area contributed by atoms with Crippen molar-refractivity contribution in [1.29, 1.82) is 0 Å². The second-order valence-electron chi connectivity index (χ2n) is 0.492. The monoisotopic (exact) mass is 248 g/mol. The molecular weight excluding hydrogens is 227 g/mol. The molecule has 0 aromatic heterocycles. The maximum absolute atomic E-state index is 8.89. The van der Waals surface area contributed by atoms with E-state index >= 15 is 0 Å². The summed E-state index contributed by atoms with van der Waals surface area (Å²) in [4.78, 5) is 8.89. The molecule has 0 fully saturated rings. The molecule has 96 valence electrons. The summed E-state index contributed by atoms with van der Waals surface area (Å²) in [5.74, 6) is -1.08. The van der Waals surface area contributed by atoms with E-state index in [4.69, 9.17) is 9.90 Å². The number of rotatable bonds is 0. The maximum Gasteiger partial charge on any atom is 3.00 e. The number of carboxylic acid groups (broad SMARTS) is 1. The number of hydrogen-bond acceptors (Lipinski definition) is 2. The van der Waals surface area contributed by atoms with Crippen molar-refractivity contribution >= 4 is 23.3 Å². The van der Waals surface area contributed by atoms with Crippen LogP contribution in [0.2, 0.25) is 0 Å². The van der Waals surface area contributed by atoms with Gasteiger partial charge in [-0.3, -0.25) is 0 Å². The van der Waals surface area contributed by atoms with Gasteiger partial charge in [0.05, 0.1) is 0 Å². The first-order valence-electron chi connectivity index (χ1n) is 0.908. The minimum Gasteiger partial charge on any atom is -0.550 e. The Kier molecular flexibility index (Phi) is 5470. The molecule has 0 unspecified atom stereocenters. The summed E-state index contributed by atoms with van der Waals surface area (Å²) in [7, 11) is 0. The molecule has 0 radical (unpaired) electrons. The summed E-state index contributed by atoms with van der Waals surface area (Å²) in [5.41, 5.74) is 0. The number of hydrogen-bond donors (Lipinski definition) is 0. The van der Waals surface area contributed by atoms with Gasteiger partial charge in [0.15, 0.2) is 0 Å². The molecular formula is C2H21AlO11+2. The molecule has 18 N–H and O–H groups in total. The normalized spacial score (nSPS) is 1.79. The molecule has 11 nitrogen and oxygen atoms in total. The molecule has 0 aliphatic rings. The topological polar surface area (TPSA) is 324 Å². The van der Waals surface area contributed by atoms with E-state index in [1.54, 1.807) is 0 Å². The van der Waals surface area contributed by atoms with Crippen molar-refractivity contribution in [2.45, 2.75) is 6.92 Å². The van der Waals surface area contributed by atoms with Crippen molar-refractivity contribution in [1.82, 2.24) is 0 Å². The van der Waals surface area contributed by atoms with E-state index in [-0.39, 0.29) is 66.6 Å². The number of carbonyl (C=O) groups excluding carboxylic acids is 1. The fraction of sp³-hybridized carbons (Fsp3) is 0.500. The number of aliphatic carboxylic acids is 1. The first-order chi connectivity index (χ1) is 1.73. The van der Waals surface area contributed by atoms with E-state index in [0.717, 1.165) is 6.92 Å². The molecule has 0 saturated heterocycles. The van der Waals surface area contributed by atoms with E-state index in [9.17, 15) is 0 Å². The van der Waals surface area contributed by atoms with Crippen LogP contribution < -0.4 is 5.11 Å². The Hall–Kier alpha value is -0.358. The fourth-order valence-corrected chi connectivity index (χ4v) is 0. The Bertz CT molecular complexity index is 36.3. The Labute approximate surface area is 90.3 Å². The van der Waals surface area contributed by atoms with Crippen LogP contribution in [0.4, 0.5) is 0 Å². The molecule has 14 heavy (non-hydrogen) atoms. The van der Waals surface area contributed by atoms with Crippen molar-refractivity contribution in [3.63, 3.8) is 0 Å². The molecule has 0 atom stereocenters. The van der Waals surface area contributed by atoms with Crippen molar-refractivity contribution in [3.05, 3.63) is 0 Å². The molecule has 0 spiro atoms. The van der Waals surface area contributed by atoms with E-state index in [2.05, 4.69) is 0 Å². The molecule has 0 amide bonds. The first kappa shape index (κ1) is 312. The molecule has 0 saturated carbocycles. The van der Waals surface area contributed by atoms with Crippen LogP contribution in [0.1, 0.15) is 6.92 Å².